The van der Waals surface area contributed by atoms with Gasteiger partial charge in [-0.25, -0.2) is 0 Å². The van der Waals surface area contributed by atoms with Crippen LogP contribution in [0.2, 0.25) is 0 Å². The third-order valence-corrected chi connectivity index (χ3v) is 8.41. The van der Waals surface area contributed by atoms with Gasteiger partial charge in [0.1, 0.15) is 97.7 Å². The zero-order valence-corrected chi connectivity index (χ0v) is 23.0. The summed E-state index contributed by atoms with van der Waals surface area (Å²) >= 11 is 0. The summed E-state index contributed by atoms with van der Waals surface area (Å²) in [5, 5.41) is 126. The number of fused-ring (bicyclic) bond motifs is 8. The summed E-state index contributed by atoms with van der Waals surface area (Å²) in [6, 6.07) is 0. The highest BCUT2D eigenvalue weighted by atomic mass is 16.8. The van der Waals surface area contributed by atoms with E-state index in [0.29, 0.717) is 0 Å². The second-order valence-corrected chi connectivity index (χ2v) is 11.3. The molecule has 12 N–H and O–H groups in total. The predicted molar refractivity (Wildman–Crippen MR) is 137 cm³/mol. The van der Waals surface area contributed by atoms with Crippen LogP contribution < -0.4 is 0 Å². The molecule has 20 nitrogen and oxygen atoms in total. The molecule has 5 aliphatic heterocycles. The molecular formula is C25H44O20. The Morgan fingerprint density at radius 1 is 0.378 bits per heavy atom. The van der Waals surface area contributed by atoms with Crippen LogP contribution in [0.1, 0.15) is 7.43 Å². The molecule has 0 aromatic heterocycles. The molecule has 10 unspecified atom stereocenters. The van der Waals surface area contributed by atoms with Crippen LogP contribution >= 0.6 is 0 Å². The Bertz CT molecular complexity index is 861. The Morgan fingerprint density at radius 3 is 1.07 bits per heavy atom. The van der Waals surface area contributed by atoms with Crippen LogP contribution in [0.5, 0.6) is 0 Å². The van der Waals surface area contributed by atoms with E-state index in [9.17, 15) is 61.3 Å². The fourth-order valence-electron chi connectivity index (χ4n) is 5.73. The van der Waals surface area contributed by atoms with Crippen molar-refractivity contribution >= 4 is 0 Å². The average Bonchev–Trinajstić information content (AvgIpc) is 3.01. The largest absolute Gasteiger partial charge is 0.394 e. The molecule has 5 aliphatic rings. The first kappa shape index (κ1) is 37.0. The fourth-order valence-corrected chi connectivity index (χ4v) is 5.73. The van der Waals surface area contributed by atoms with E-state index < -0.39 is 149 Å². The monoisotopic (exact) mass is 664 g/mol. The first-order chi connectivity index (χ1) is 20.9. The van der Waals surface area contributed by atoms with Crippen LogP contribution in [0, 0.1) is 0 Å². The Kier molecular flexibility index (Phi) is 12.5. The molecule has 0 radical (unpaired) electrons. The second kappa shape index (κ2) is 15.2. The molecule has 20 heteroatoms. The number of rotatable bonds is 2. The lowest BCUT2D eigenvalue weighted by Gasteiger charge is -2.48. The summed E-state index contributed by atoms with van der Waals surface area (Å²) in [5.41, 5.74) is 0. The molecular weight excluding hydrogens is 620 g/mol. The van der Waals surface area contributed by atoms with Crippen LogP contribution in [-0.4, -0.2) is 211 Å². The summed E-state index contributed by atoms with van der Waals surface area (Å²) in [6.07, 6.45) is -34.8. The van der Waals surface area contributed by atoms with Crippen LogP contribution in [0.25, 0.3) is 0 Å². The van der Waals surface area contributed by atoms with Gasteiger partial charge in [0.25, 0.3) is 0 Å². The van der Waals surface area contributed by atoms with E-state index in [2.05, 4.69) is 0 Å². The number of hydrogen-bond donors (Lipinski definition) is 12. The highest BCUT2D eigenvalue weighted by molar-refractivity contribution is 4.97. The van der Waals surface area contributed by atoms with E-state index in [1.165, 1.54) is 0 Å². The minimum atomic E-state index is -1.93. The van der Waals surface area contributed by atoms with E-state index in [1.54, 1.807) is 0 Å². The smallest absolute Gasteiger partial charge is 0.187 e. The standard InChI is InChI=1S/C24H40O20.CH4/c25-1-5-11(29)19-17(35)21(39-5)37-3-7-9(27)14(32)16(34)24(42-7)44-20-12(30)6(2-26)40-22(18(20)36)38-4-8-10(28)13(31)15(33)23(41-8)43-19;/h5-36H,1-4H2;1H4/t5?,6?,7?,8?,9-,10-,11-,12-,13+,14+,15?,16?,17?,18?,19+,20+,21?,22?,23-,24-;/m1./s1. The van der Waals surface area contributed by atoms with Crippen molar-refractivity contribution in [1.82, 2.24) is 0 Å². The molecule has 45 heavy (non-hydrogen) atoms. The summed E-state index contributed by atoms with van der Waals surface area (Å²) in [4.78, 5) is 0. The van der Waals surface area contributed by atoms with Crippen molar-refractivity contribution in [3.63, 3.8) is 0 Å². The van der Waals surface area contributed by atoms with Gasteiger partial charge in [-0.15, -0.1) is 0 Å². The van der Waals surface area contributed by atoms with Crippen LogP contribution in [0.3, 0.4) is 0 Å². The summed E-state index contributed by atoms with van der Waals surface area (Å²) in [6.45, 7) is -2.95. The van der Waals surface area contributed by atoms with Gasteiger partial charge in [0.05, 0.1) is 26.4 Å². The van der Waals surface area contributed by atoms with Gasteiger partial charge in [-0.05, 0) is 0 Å². The molecule has 0 aromatic carbocycles. The molecule has 0 spiro atoms. The Balaban J connectivity index is 0.00000461. The Labute approximate surface area is 256 Å². The number of ether oxygens (including phenoxy) is 8. The molecule has 20 atom stereocenters. The Hall–Kier alpha value is -0.800. The maximum absolute atomic E-state index is 11.0. The third-order valence-electron chi connectivity index (χ3n) is 8.41. The van der Waals surface area contributed by atoms with Gasteiger partial charge >= 0.3 is 0 Å². The molecule has 264 valence electrons. The van der Waals surface area contributed by atoms with E-state index >= 15 is 0 Å². The van der Waals surface area contributed by atoms with Crippen molar-refractivity contribution in [2.24, 2.45) is 0 Å². The summed E-state index contributed by atoms with van der Waals surface area (Å²) in [5.74, 6) is 0. The predicted octanol–water partition coefficient (Wildman–Crippen LogP) is -8.07. The highest BCUT2D eigenvalue weighted by Crippen LogP contribution is 2.33. The van der Waals surface area contributed by atoms with Gasteiger partial charge in [0.2, 0.25) is 0 Å². The summed E-state index contributed by atoms with van der Waals surface area (Å²) in [7, 11) is 0. The first-order valence-electron chi connectivity index (χ1n) is 14.1. The second-order valence-electron chi connectivity index (χ2n) is 11.3. The molecule has 0 aromatic rings. The van der Waals surface area contributed by atoms with Crippen LogP contribution in [-0.2, 0) is 37.9 Å². The molecule has 0 aliphatic carbocycles. The molecule has 0 saturated carbocycles. The maximum atomic E-state index is 11.0. The van der Waals surface area contributed by atoms with Crippen molar-refractivity contribution < 1.29 is 99.2 Å². The number of hydrogen-bond acceptors (Lipinski definition) is 20. The first-order valence-corrected chi connectivity index (χ1v) is 14.1. The lowest BCUT2D eigenvalue weighted by Crippen LogP contribution is -2.67. The molecule has 5 fully saturated rings. The fraction of sp³-hybridized carbons (Fsp3) is 1.00. The van der Waals surface area contributed by atoms with Gasteiger partial charge < -0.3 is 99.2 Å². The van der Waals surface area contributed by atoms with Crippen LogP contribution in [0.15, 0.2) is 0 Å². The van der Waals surface area contributed by atoms with Gasteiger partial charge in [-0.2, -0.15) is 0 Å². The van der Waals surface area contributed by atoms with Gasteiger partial charge in [0.15, 0.2) is 25.2 Å². The SMILES string of the molecule is C.OCC1OC2OCC3O[C@H](O[C@@H]4C(O)C(OCC5O[C@H](O[C@H](C2O)[C@@H]1O)C(O)[C@@H](O)[C@@H]5O)OC(CO)[C@H]4O)C(O)[C@@H](O)[C@@H]3O. The van der Waals surface area contributed by atoms with Gasteiger partial charge in [-0.1, -0.05) is 7.43 Å². The topological polar surface area (TPSA) is 317 Å². The highest BCUT2D eigenvalue weighted by Gasteiger charge is 2.54. The maximum Gasteiger partial charge on any atom is 0.187 e. The molecule has 8 bridgehead atoms. The van der Waals surface area contributed by atoms with Crippen molar-refractivity contribution in [3.8, 4) is 0 Å². The van der Waals surface area contributed by atoms with Crippen molar-refractivity contribution in [3.05, 3.63) is 0 Å². The normalized spacial score (nSPS) is 54.7. The summed E-state index contributed by atoms with van der Waals surface area (Å²) < 4.78 is 44.3. The number of aliphatic hydroxyl groups excluding tert-OH is 12. The van der Waals surface area contributed by atoms with Crippen LogP contribution in [0.4, 0.5) is 0 Å². The minimum absolute atomic E-state index is 0. The lowest BCUT2D eigenvalue weighted by molar-refractivity contribution is -0.383. The zero-order chi connectivity index (χ0) is 32.0. The third kappa shape index (κ3) is 7.16. The molecule has 5 rings (SSSR count). The van der Waals surface area contributed by atoms with E-state index in [0.717, 1.165) is 0 Å². The van der Waals surface area contributed by atoms with Gasteiger partial charge in [0, 0.05) is 0 Å². The zero-order valence-electron chi connectivity index (χ0n) is 23.0. The van der Waals surface area contributed by atoms with E-state index in [4.69, 9.17) is 37.9 Å². The molecule has 0 amide bonds. The molecule has 5 heterocycles. The lowest BCUT2D eigenvalue weighted by atomic mass is 9.96. The molecule has 5 saturated heterocycles. The minimum Gasteiger partial charge on any atom is -0.394 e. The number of aliphatic hydroxyl groups is 12. The van der Waals surface area contributed by atoms with E-state index in [-0.39, 0.29) is 7.43 Å². The Morgan fingerprint density at radius 2 is 0.733 bits per heavy atom. The van der Waals surface area contributed by atoms with Crippen molar-refractivity contribution in [2.45, 2.75) is 130 Å². The average molecular weight is 665 g/mol. The van der Waals surface area contributed by atoms with Crippen molar-refractivity contribution in [2.75, 3.05) is 26.4 Å². The quantitative estimate of drug-likeness (QED) is 0.130. The van der Waals surface area contributed by atoms with E-state index in [1.807, 2.05) is 0 Å². The van der Waals surface area contributed by atoms with Crippen molar-refractivity contribution in [1.29, 1.82) is 0 Å². The van der Waals surface area contributed by atoms with Gasteiger partial charge in [-0.3, -0.25) is 0 Å².